The van der Waals surface area contributed by atoms with Crippen molar-refractivity contribution in [1.29, 1.82) is 0 Å². The second-order valence-corrected chi connectivity index (χ2v) is 3.95. The number of nitrogens with zero attached hydrogens (tertiary/aromatic N) is 1. The van der Waals surface area contributed by atoms with Gasteiger partial charge in [0.25, 0.3) is 0 Å². The number of nitrogens with two attached hydrogens (primary N) is 1. The third kappa shape index (κ3) is 5.91. The molecule has 0 aliphatic carbocycles. The summed E-state index contributed by atoms with van der Waals surface area (Å²) in [5.74, 6) is 0. The van der Waals surface area contributed by atoms with Gasteiger partial charge in [0.05, 0.1) is 0 Å². The van der Waals surface area contributed by atoms with Crippen LogP contribution in [0, 0.1) is 0 Å². The van der Waals surface area contributed by atoms with E-state index < -0.39 is 0 Å². The molecule has 0 aromatic heterocycles. The van der Waals surface area contributed by atoms with E-state index >= 15 is 0 Å². The van der Waals surface area contributed by atoms with E-state index in [0.717, 1.165) is 19.6 Å². The van der Waals surface area contributed by atoms with Crippen LogP contribution in [0.15, 0.2) is 43.0 Å². The lowest BCUT2D eigenvalue weighted by Crippen LogP contribution is -2.35. The molecule has 90 valence electrons. The monoisotopic (exact) mass is 240 g/mol. The average molecular weight is 241 g/mol. The van der Waals surface area contributed by atoms with Gasteiger partial charge in [-0.05, 0) is 12.5 Å². The van der Waals surface area contributed by atoms with Gasteiger partial charge in [-0.3, -0.25) is 4.90 Å². The van der Waals surface area contributed by atoms with E-state index in [2.05, 4.69) is 35.7 Å². The van der Waals surface area contributed by atoms with Crippen molar-refractivity contribution in [3.05, 3.63) is 48.6 Å². The summed E-state index contributed by atoms with van der Waals surface area (Å²) in [6.07, 6.45) is 1.92. The highest BCUT2D eigenvalue weighted by Crippen LogP contribution is 2.04. The highest BCUT2D eigenvalue weighted by atomic mass is 35.5. The van der Waals surface area contributed by atoms with Crippen LogP contribution in [0.2, 0.25) is 0 Å². The minimum Gasteiger partial charge on any atom is -0.327 e. The van der Waals surface area contributed by atoms with Crippen LogP contribution in [-0.2, 0) is 6.54 Å². The van der Waals surface area contributed by atoms with Gasteiger partial charge in [0.1, 0.15) is 0 Å². The molecule has 3 heteroatoms. The molecule has 0 radical (unpaired) electrons. The van der Waals surface area contributed by atoms with Crippen LogP contribution in [0.3, 0.4) is 0 Å². The number of hydrogen-bond acceptors (Lipinski definition) is 2. The first kappa shape index (κ1) is 15.2. The van der Waals surface area contributed by atoms with Gasteiger partial charge in [0, 0.05) is 25.7 Å². The zero-order valence-electron chi connectivity index (χ0n) is 9.80. The summed E-state index contributed by atoms with van der Waals surface area (Å²) in [6, 6.07) is 10.6. The summed E-state index contributed by atoms with van der Waals surface area (Å²) in [6.45, 7) is 8.52. The highest BCUT2D eigenvalue weighted by molar-refractivity contribution is 5.85. The molecule has 0 amide bonds. The Hall–Kier alpha value is -0.830. The van der Waals surface area contributed by atoms with Crippen molar-refractivity contribution in [3.8, 4) is 0 Å². The molecule has 0 fully saturated rings. The predicted octanol–water partition coefficient (Wildman–Crippen LogP) is 2.44. The van der Waals surface area contributed by atoms with Crippen LogP contribution >= 0.6 is 12.4 Å². The standard InChI is InChI=1S/C13H20N2.ClH/c1-3-9-15(10-12(2)14)11-13-7-5-4-6-8-13;/h3-8,12H,1,9-11,14H2,2H3;1H. The summed E-state index contributed by atoms with van der Waals surface area (Å²) in [5, 5.41) is 0. The maximum Gasteiger partial charge on any atom is 0.0237 e. The molecule has 0 aliphatic heterocycles. The van der Waals surface area contributed by atoms with Crippen LogP contribution in [0.5, 0.6) is 0 Å². The van der Waals surface area contributed by atoms with Crippen molar-refractivity contribution >= 4 is 12.4 Å². The molecule has 1 rings (SSSR count). The summed E-state index contributed by atoms with van der Waals surface area (Å²) in [5.41, 5.74) is 7.12. The molecule has 1 aromatic carbocycles. The van der Waals surface area contributed by atoms with E-state index in [0.29, 0.717) is 0 Å². The van der Waals surface area contributed by atoms with Gasteiger partial charge in [0.2, 0.25) is 0 Å². The fourth-order valence-corrected chi connectivity index (χ4v) is 1.64. The second kappa shape index (κ2) is 8.34. The fourth-order valence-electron chi connectivity index (χ4n) is 1.64. The van der Waals surface area contributed by atoms with Crippen molar-refractivity contribution in [2.24, 2.45) is 5.73 Å². The smallest absolute Gasteiger partial charge is 0.0237 e. The Morgan fingerprint density at radius 1 is 1.38 bits per heavy atom. The molecule has 2 N–H and O–H groups in total. The quantitative estimate of drug-likeness (QED) is 0.774. The van der Waals surface area contributed by atoms with E-state index in [1.807, 2.05) is 19.1 Å². The third-order valence-corrected chi connectivity index (χ3v) is 2.18. The van der Waals surface area contributed by atoms with Gasteiger partial charge in [-0.1, -0.05) is 36.4 Å². The highest BCUT2D eigenvalue weighted by Gasteiger charge is 2.05. The molecule has 1 atom stereocenters. The summed E-state index contributed by atoms with van der Waals surface area (Å²) >= 11 is 0. The summed E-state index contributed by atoms with van der Waals surface area (Å²) in [7, 11) is 0. The first-order chi connectivity index (χ1) is 7.22. The number of halogens is 1. The zero-order valence-corrected chi connectivity index (χ0v) is 10.6. The zero-order chi connectivity index (χ0) is 11.1. The Balaban J connectivity index is 0.00000225. The Kier molecular flexibility index (Phi) is 7.90. The van der Waals surface area contributed by atoms with E-state index in [1.165, 1.54) is 5.56 Å². The summed E-state index contributed by atoms with van der Waals surface area (Å²) < 4.78 is 0. The molecule has 0 saturated heterocycles. The predicted molar refractivity (Wildman–Crippen MR) is 72.8 cm³/mol. The Morgan fingerprint density at radius 2 is 2.00 bits per heavy atom. The van der Waals surface area contributed by atoms with Crippen molar-refractivity contribution in [2.75, 3.05) is 13.1 Å². The Bertz CT molecular complexity index is 285. The van der Waals surface area contributed by atoms with Gasteiger partial charge in [-0.25, -0.2) is 0 Å². The van der Waals surface area contributed by atoms with Gasteiger partial charge in [-0.2, -0.15) is 0 Å². The molecule has 2 nitrogen and oxygen atoms in total. The summed E-state index contributed by atoms with van der Waals surface area (Å²) in [4.78, 5) is 2.30. The Labute approximate surface area is 105 Å². The average Bonchev–Trinajstić information content (AvgIpc) is 2.18. The van der Waals surface area contributed by atoms with Gasteiger partial charge in [0.15, 0.2) is 0 Å². The molecule has 16 heavy (non-hydrogen) atoms. The molecule has 0 aliphatic rings. The molecular formula is C13H21ClN2. The maximum atomic E-state index is 5.80. The molecule has 0 heterocycles. The lowest BCUT2D eigenvalue weighted by molar-refractivity contribution is 0.280. The van der Waals surface area contributed by atoms with Crippen molar-refractivity contribution < 1.29 is 0 Å². The van der Waals surface area contributed by atoms with Crippen LogP contribution in [0.1, 0.15) is 12.5 Å². The molecule has 1 aromatic rings. The topological polar surface area (TPSA) is 29.3 Å². The minimum atomic E-state index is 0. The number of benzene rings is 1. The van der Waals surface area contributed by atoms with E-state index in [9.17, 15) is 0 Å². The van der Waals surface area contributed by atoms with Crippen LogP contribution in [0.4, 0.5) is 0 Å². The molecule has 0 bridgehead atoms. The van der Waals surface area contributed by atoms with Crippen LogP contribution < -0.4 is 5.73 Å². The lowest BCUT2D eigenvalue weighted by Gasteiger charge is -2.22. The fraction of sp³-hybridized carbons (Fsp3) is 0.385. The largest absolute Gasteiger partial charge is 0.327 e. The van der Waals surface area contributed by atoms with Crippen molar-refractivity contribution in [3.63, 3.8) is 0 Å². The van der Waals surface area contributed by atoms with Crippen LogP contribution in [0.25, 0.3) is 0 Å². The first-order valence-corrected chi connectivity index (χ1v) is 5.35. The normalized spacial score (nSPS) is 11.9. The molecule has 0 spiro atoms. The minimum absolute atomic E-state index is 0. The van der Waals surface area contributed by atoms with E-state index in [4.69, 9.17) is 5.73 Å². The van der Waals surface area contributed by atoms with Gasteiger partial charge in [-0.15, -0.1) is 19.0 Å². The first-order valence-electron chi connectivity index (χ1n) is 5.35. The molecule has 0 saturated carbocycles. The second-order valence-electron chi connectivity index (χ2n) is 3.95. The number of rotatable bonds is 6. The molecular weight excluding hydrogens is 220 g/mol. The lowest BCUT2D eigenvalue weighted by atomic mass is 10.2. The van der Waals surface area contributed by atoms with Gasteiger partial charge >= 0.3 is 0 Å². The van der Waals surface area contributed by atoms with Crippen molar-refractivity contribution in [1.82, 2.24) is 4.90 Å². The third-order valence-electron chi connectivity index (χ3n) is 2.18. The SMILES string of the molecule is C=CCN(Cc1ccccc1)CC(C)N.Cl. The molecule has 1 unspecified atom stereocenters. The van der Waals surface area contributed by atoms with Gasteiger partial charge < -0.3 is 5.73 Å². The maximum absolute atomic E-state index is 5.80. The van der Waals surface area contributed by atoms with E-state index in [1.54, 1.807) is 0 Å². The van der Waals surface area contributed by atoms with E-state index in [-0.39, 0.29) is 18.4 Å². The van der Waals surface area contributed by atoms with Crippen molar-refractivity contribution in [2.45, 2.75) is 19.5 Å². The van der Waals surface area contributed by atoms with Crippen LogP contribution in [-0.4, -0.2) is 24.0 Å². The Morgan fingerprint density at radius 3 is 2.50 bits per heavy atom. The number of hydrogen-bond donors (Lipinski definition) is 1.